The number of methoxy groups -OCH3 is 1. The lowest BCUT2D eigenvalue weighted by Gasteiger charge is -2.14. The Kier molecular flexibility index (Phi) is 5.01. The molecule has 0 atom stereocenters. The molecule has 3 N–H and O–H groups in total. The SMILES string of the molecule is COc1ccc(C(=O)NCCC2=CCNCC2)cc1O. The molecule has 0 aromatic heterocycles. The Morgan fingerprint density at radius 1 is 1.50 bits per heavy atom. The number of hydrogen-bond acceptors (Lipinski definition) is 4. The van der Waals surface area contributed by atoms with Gasteiger partial charge in [-0.2, -0.15) is 0 Å². The minimum Gasteiger partial charge on any atom is -0.504 e. The van der Waals surface area contributed by atoms with Gasteiger partial charge in [0.1, 0.15) is 0 Å². The summed E-state index contributed by atoms with van der Waals surface area (Å²) in [6, 6.07) is 4.63. The molecule has 1 aliphatic rings. The van der Waals surface area contributed by atoms with Crippen LogP contribution in [0.3, 0.4) is 0 Å². The number of benzene rings is 1. The van der Waals surface area contributed by atoms with E-state index < -0.39 is 0 Å². The van der Waals surface area contributed by atoms with E-state index in [0.29, 0.717) is 17.9 Å². The molecule has 1 aliphatic heterocycles. The molecule has 108 valence electrons. The van der Waals surface area contributed by atoms with Crippen LogP contribution >= 0.6 is 0 Å². The first-order chi connectivity index (χ1) is 9.70. The molecule has 1 amide bonds. The van der Waals surface area contributed by atoms with Crippen LogP contribution in [0.4, 0.5) is 0 Å². The third-order valence-electron chi connectivity index (χ3n) is 3.33. The Hall–Kier alpha value is -2.01. The van der Waals surface area contributed by atoms with E-state index in [-0.39, 0.29) is 11.7 Å². The lowest BCUT2D eigenvalue weighted by Crippen LogP contribution is -2.26. The number of aromatic hydroxyl groups is 1. The van der Waals surface area contributed by atoms with Crippen molar-refractivity contribution in [1.29, 1.82) is 0 Å². The zero-order chi connectivity index (χ0) is 14.4. The second-order valence-corrected chi connectivity index (χ2v) is 4.71. The van der Waals surface area contributed by atoms with Crippen molar-refractivity contribution in [3.63, 3.8) is 0 Å². The fourth-order valence-electron chi connectivity index (χ4n) is 2.17. The highest BCUT2D eigenvalue weighted by Crippen LogP contribution is 2.26. The fourth-order valence-corrected chi connectivity index (χ4v) is 2.17. The van der Waals surface area contributed by atoms with Crippen LogP contribution < -0.4 is 15.4 Å². The maximum Gasteiger partial charge on any atom is 0.251 e. The number of carbonyl (C=O) groups excluding carboxylic acids is 1. The summed E-state index contributed by atoms with van der Waals surface area (Å²) in [5.41, 5.74) is 1.81. The van der Waals surface area contributed by atoms with Crippen LogP contribution in [0.25, 0.3) is 0 Å². The van der Waals surface area contributed by atoms with E-state index in [4.69, 9.17) is 4.74 Å². The largest absolute Gasteiger partial charge is 0.504 e. The zero-order valence-corrected chi connectivity index (χ0v) is 11.6. The molecule has 1 heterocycles. The van der Waals surface area contributed by atoms with Crippen LogP contribution in [-0.2, 0) is 0 Å². The van der Waals surface area contributed by atoms with Crippen LogP contribution in [0, 0.1) is 0 Å². The number of ether oxygens (including phenoxy) is 1. The molecule has 20 heavy (non-hydrogen) atoms. The third kappa shape index (κ3) is 3.74. The number of rotatable bonds is 5. The number of phenolic OH excluding ortho intramolecular Hbond substituents is 1. The van der Waals surface area contributed by atoms with Gasteiger partial charge in [0, 0.05) is 18.7 Å². The van der Waals surface area contributed by atoms with Crippen LogP contribution in [0.1, 0.15) is 23.2 Å². The van der Waals surface area contributed by atoms with E-state index in [0.717, 1.165) is 25.9 Å². The van der Waals surface area contributed by atoms with Crippen molar-refractivity contribution in [3.8, 4) is 11.5 Å². The minimum absolute atomic E-state index is 0.0267. The Morgan fingerprint density at radius 2 is 2.35 bits per heavy atom. The first-order valence-corrected chi connectivity index (χ1v) is 6.74. The van der Waals surface area contributed by atoms with Gasteiger partial charge in [-0.05, 0) is 37.6 Å². The normalized spacial score (nSPS) is 14.6. The summed E-state index contributed by atoms with van der Waals surface area (Å²) in [5, 5.41) is 15.8. The van der Waals surface area contributed by atoms with Gasteiger partial charge >= 0.3 is 0 Å². The highest BCUT2D eigenvalue weighted by Gasteiger charge is 2.09. The fraction of sp³-hybridized carbons (Fsp3) is 0.400. The molecule has 0 aliphatic carbocycles. The molecule has 0 bridgehead atoms. The molecule has 0 radical (unpaired) electrons. The molecule has 5 nitrogen and oxygen atoms in total. The molecule has 0 saturated carbocycles. The summed E-state index contributed by atoms with van der Waals surface area (Å²) in [5.74, 6) is 0.153. The molecule has 1 aromatic rings. The van der Waals surface area contributed by atoms with Gasteiger partial charge in [0.05, 0.1) is 7.11 Å². The summed E-state index contributed by atoms with van der Waals surface area (Å²) < 4.78 is 4.95. The van der Waals surface area contributed by atoms with Gasteiger partial charge in [0.25, 0.3) is 5.91 Å². The number of amides is 1. The quantitative estimate of drug-likeness (QED) is 0.712. The summed E-state index contributed by atoms with van der Waals surface area (Å²) >= 11 is 0. The van der Waals surface area contributed by atoms with E-state index in [9.17, 15) is 9.90 Å². The van der Waals surface area contributed by atoms with Crippen LogP contribution in [-0.4, -0.2) is 37.8 Å². The predicted molar refractivity (Wildman–Crippen MR) is 77.2 cm³/mol. The lowest BCUT2D eigenvalue weighted by molar-refractivity contribution is 0.0953. The zero-order valence-electron chi connectivity index (χ0n) is 11.6. The van der Waals surface area contributed by atoms with Gasteiger partial charge in [0.15, 0.2) is 11.5 Å². The number of phenols is 1. The molecule has 5 heteroatoms. The maximum absolute atomic E-state index is 11.9. The molecule has 0 saturated heterocycles. The highest BCUT2D eigenvalue weighted by molar-refractivity contribution is 5.94. The van der Waals surface area contributed by atoms with Crippen molar-refractivity contribution in [3.05, 3.63) is 35.4 Å². The summed E-state index contributed by atoms with van der Waals surface area (Å²) in [7, 11) is 1.47. The van der Waals surface area contributed by atoms with Crippen molar-refractivity contribution < 1.29 is 14.6 Å². The summed E-state index contributed by atoms with van der Waals surface area (Å²) in [6.07, 6.45) is 4.09. The first-order valence-electron chi connectivity index (χ1n) is 6.74. The van der Waals surface area contributed by atoms with E-state index in [2.05, 4.69) is 16.7 Å². The minimum atomic E-state index is -0.183. The van der Waals surface area contributed by atoms with Crippen LogP contribution in [0.2, 0.25) is 0 Å². The molecular formula is C15H20N2O3. The monoisotopic (exact) mass is 276 g/mol. The number of carbonyl (C=O) groups is 1. The maximum atomic E-state index is 11.9. The van der Waals surface area contributed by atoms with E-state index >= 15 is 0 Å². The van der Waals surface area contributed by atoms with Crippen molar-refractivity contribution in [2.24, 2.45) is 0 Å². The van der Waals surface area contributed by atoms with Gasteiger partial charge in [-0.1, -0.05) is 11.6 Å². The molecule has 0 fully saturated rings. The summed E-state index contributed by atoms with van der Waals surface area (Å²) in [6.45, 7) is 2.53. The van der Waals surface area contributed by atoms with Crippen molar-refractivity contribution in [1.82, 2.24) is 10.6 Å². The first kappa shape index (κ1) is 14.4. The molecule has 0 spiro atoms. The lowest BCUT2D eigenvalue weighted by atomic mass is 10.1. The highest BCUT2D eigenvalue weighted by atomic mass is 16.5. The van der Waals surface area contributed by atoms with Gasteiger partial charge in [-0.15, -0.1) is 0 Å². The van der Waals surface area contributed by atoms with Gasteiger partial charge in [-0.3, -0.25) is 4.79 Å². The molecule has 2 rings (SSSR count). The van der Waals surface area contributed by atoms with E-state index in [1.165, 1.54) is 18.7 Å². The topological polar surface area (TPSA) is 70.6 Å². The molecule has 1 aromatic carbocycles. The van der Waals surface area contributed by atoms with Crippen LogP contribution in [0.15, 0.2) is 29.8 Å². The average molecular weight is 276 g/mol. The standard InChI is InChI=1S/C15H20N2O3/c1-20-14-3-2-12(10-13(14)18)15(19)17-9-6-11-4-7-16-8-5-11/h2-4,10,16,18H,5-9H2,1H3,(H,17,19). The average Bonchev–Trinajstić information content (AvgIpc) is 2.48. The second-order valence-electron chi connectivity index (χ2n) is 4.71. The Morgan fingerprint density at radius 3 is 3.00 bits per heavy atom. The second kappa shape index (κ2) is 6.96. The van der Waals surface area contributed by atoms with Crippen molar-refractivity contribution >= 4 is 5.91 Å². The summed E-state index contributed by atoms with van der Waals surface area (Å²) in [4.78, 5) is 11.9. The third-order valence-corrected chi connectivity index (χ3v) is 3.33. The number of hydrogen-bond donors (Lipinski definition) is 3. The van der Waals surface area contributed by atoms with Gasteiger partial charge < -0.3 is 20.5 Å². The molecule has 0 unspecified atom stereocenters. The van der Waals surface area contributed by atoms with Crippen molar-refractivity contribution in [2.75, 3.05) is 26.7 Å². The number of nitrogens with one attached hydrogen (secondary N) is 2. The van der Waals surface area contributed by atoms with Crippen molar-refractivity contribution in [2.45, 2.75) is 12.8 Å². The molecular weight excluding hydrogens is 256 g/mol. The predicted octanol–water partition coefficient (Wildman–Crippen LogP) is 1.44. The van der Waals surface area contributed by atoms with E-state index in [1.54, 1.807) is 12.1 Å². The Balaban J connectivity index is 1.85. The smallest absolute Gasteiger partial charge is 0.251 e. The van der Waals surface area contributed by atoms with Gasteiger partial charge in [0.2, 0.25) is 0 Å². The Bertz CT molecular complexity index is 512. The Labute approximate surface area is 118 Å². The van der Waals surface area contributed by atoms with Gasteiger partial charge in [-0.25, -0.2) is 0 Å². The van der Waals surface area contributed by atoms with E-state index in [1.807, 2.05) is 0 Å². The van der Waals surface area contributed by atoms with Crippen LogP contribution in [0.5, 0.6) is 11.5 Å².